The van der Waals surface area contributed by atoms with Gasteiger partial charge in [0, 0.05) is 0 Å². The van der Waals surface area contributed by atoms with E-state index in [1.807, 2.05) is 6.92 Å². The number of halogens is 1. The maximum Gasteiger partial charge on any atom is 0.123 e. The van der Waals surface area contributed by atoms with E-state index in [4.69, 9.17) is 0 Å². The van der Waals surface area contributed by atoms with Gasteiger partial charge >= 0.3 is 0 Å². The van der Waals surface area contributed by atoms with Crippen molar-refractivity contribution in [2.45, 2.75) is 39.7 Å². The normalized spacial score (nSPS) is 14.8. The average molecular weight is 253 g/mol. The zero-order chi connectivity index (χ0) is 13.8. The number of aliphatic hydroxyl groups is 1. The van der Waals surface area contributed by atoms with E-state index in [0.717, 1.165) is 18.7 Å². The lowest BCUT2D eigenvalue weighted by Gasteiger charge is -2.26. The summed E-state index contributed by atoms with van der Waals surface area (Å²) < 4.78 is 13.2. The molecule has 1 rings (SSSR count). The molecule has 0 aliphatic heterocycles. The number of nitrogens with one attached hydrogen (secondary N) is 1. The van der Waals surface area contributed by atoms with Gasteiger partial charge in [0.05, 0.1) is 5.60 Å². The van der Waals surface area contributed by atoms with Gasteiger partial charge < -0.3 is 10.4 Å². The van der Waals surface area contributed by atoms with Crippen molar-refractivity contribution >= 4 is 0 Å². The van der Waals surface area contributed by atoms with Crippen molar-refractivity contribution in [3.8, 4) is 0 Å². The highest BCUT2D eigenvalue weighted by Gasteiger charge is 2.24. The third-order valence-corrected chi connectivity index (χ3v) is 3.12. The van der Waals surface area contributed by atoms with Crippen LogP contribution in [0.4, 0.5) is 4.39 Å². The molecular formula is C15H24FNO. The first-order valence-corrected chi connectivity index (χ1v) is 6.52. The van der Waals surface area contributed by atoms with Crippen molar-refractivity contribution in [2.75, 3.05) is 13.1 Å². The van der Waals surface area contributed by atoms with E-state index >= 15 is 0 Å². The summed E-state index contributed by atoms with van der Waals surface area (Å²) in [6, 6.07) is 4.56. The molecule has 1 aromatic carbocycles. The van der Waals surface area contributed by atoms with Crippen molar-refractivity contribution < 1.29 is 9.50 Å². The summed E-state index contributed by atoms with van der Waals surface area (Å²) in [7, 11) is 0. The van der Waals surface area contributed by atoms with Crippen molar-refractivity contribution in [3.05, 3.63) is 35.1 Å². The first-order chi connectivity index (χ1) is 8.33. The van der Waals surface area contributed by atoms with Crippen LogP contribution in [0.5, 0.6) is 0 Å². The Labute approximate surface area is 109 Å². The lowest BCUT2D eigenvalue weighted by atomic mass is 9.89. The van der Waals surface area contributed by atoms with Crippen LogP contribution in [0.1, 0.15) is 38.3 Å². The molecule has 0 aromatic heterocycles. The minimum Gasteiger partial charge on any atom is -0.385 e. The lowest BCUT2D eigenvalue weighted by molar-refractivity contribution is 0.0469. The molecule has 0 aliphatic rings. The maximum atomic E-state index is 13.2. The van der Waals surface area contributed by atoms with E-state index in [1.165, 1.54) is 12.1 Å². The number of benzene rings is 1. The fourth-order valence-electron chi connectivity index (χ4n) is 2.03. The van der Waals surface area contributed by atoms with Crippen LogP contribution < -0.4 is 5.32 Å². The smallest absolute Gasteiger partial charge is 0.123 e. The Balaban J connectivity index is 2.64. The Bertz CT molecular complexity index is 388. The second-order valence-electron chi connectivity index (χ2n) is 5.58. The topological polar surface area (TPSA) is 32.3 Å². The molecule has 0 heterocycles. The molecule has 2 nitrogen and oxygen atoms in total. The summed E-state index contributed by atoms with van der Waals surface area (Å²) >= 11 is 0. The molecule has 0 saturated carbocycles. The van der Waals surface area contributed by atoms with E-state index in [0.29, 0.717) is 17.9 Å². The van der Waals surface area contributed by atoms with Gasteiger partial charge in [-0.25, -0.2) is 4.39 Å². The SMILES string of the molecule is Cc1ccc(F)cc1C(C)(O)CCNCC(C)C. The summed E-state index contributed by atoms with van der Waals surface area (Å²) in [6.45, 7) is 9.57. The molecular weight excluding hydrogens is 229 g/mol. The highest BCUT2D eigenvalue weighted by molar-refractivity contribution is 5.31. The second-order valence-corrected chi connectivity index (χ2v) is 5.58. The van der Waals surface area contributed by atoms with Crippen LogP contribution in [0, 0.1) is 18.7 Å². The Morgan fingerprint density at radius 3 is 2.67 bits per heavy atom. The van der Waals surface area contributed by atoms with Gasteiger partial charge in [-0.1, -0.05) is 19.9 Å². The number of rotatable bonds is 6. The van der Waals surface area contributed by atoms with Crippen molar-refractivity contribution in [1.82, 2.24) is 5.32 Å². The molecule has 1 aromatic rings. The minimum absolute atomic E-state index is 0.300. The number of hydrogen-bond donors (Lipinski definition) is 2. The maximum absolute atomic E-state index is 13.2. The van der Waals surface area contributed by atoms with Gasteiger partial charge in [0.1, 0.15) is 5.82 Å². The Morgan fingerprint density at radius 1 is 1.39 bits per heavy atom. The standard InChI is InChI=1S/C15H24FNO/c1-11(2)10-17-8-7-15(4,18)14-9-13(16)6-5-12(14)3/h5-6,9,11,17-18H,7-8,10H2,1-4H3. The zero-order valence-electron chi connectivity index (χ0n) is 11.8. The van der Waals surface area contributed by atoms with Crippen LogP contribution in [0.2, 0.25) is 0 Å². The van der Waals surface area contributed by atoms with Gasteiger partial charge in [0.2, 0.25) is 0 Å². The molecule has 0 fully saturated rings. The molecule has 0 aliphatic carbocycles. The van der Waals surface area contributed by atoms with E-state index in [9.17, 15) is 9.50 Å². The van der Waals surface area contributed by atoms with Crippen LogP contribution in [-0.2, 0) is 5.60 Å². The van der Waals surface area contributed by atoms with E-state index in [1.54, 1.807) is 13.0 Å². The van der Waals surface area contributed by atoms with Crippen LogP contribution in [0.15, 0.2) is 18.2 Å². The Hall–Kier alpha value is -0.930. The van der Waals surface area contributed by atoms with Gasteiger partial charge in [0.25, 0.3) is 0 Å². The van der Waals surface area contributed by atoms with Gasteiger partial charge in [-0.2, -0.15) is 0 Å². The molecule has 102 valence electrons. The highest BCUT2D eigenvalue weighted by Crippen LogP contribution is 2.27. The summed E-state index contributed by atoms with van der Waals surface area (Å²) in [5.74, 6) is 0.289. The molecule has 3 heteroatoms. The van der Waals surface area contributed by atoms with Crippen LogP contribution >= 0.6 is 0 Å². The molecule has 0 saturated heterocycles. The zero-order valence-corrected chi connectivity index (χ0v) is 11.8. The molecule has 0 spiro atoms. The van der Waals surface area contributed by atoms with E-state index in [-0.39, 0.29) is 5.82 Å². The summed E-state index contributed by atoms with van der Waals surface area (Å²) in [5, 5.41) is 13.7. The van der Waals surface area contributed by atoms with Crippen molar-refractivity contribution in [1.29, 1.82) is 0 Å². The monoisotopic (exact) mass is 253 g/mol. The summed E-state index contributed by atoms with van der Waals surface area (Å²) in [4.78, 5) is 0. The third-order valence-electron chi connectivity index (χ3n) is 3.12. The predicted octanol–water partition coefficient (Wildman–Crippen LogP) is 2.98. The first-order valence-electron chi connectivity index (χ1n) is 6.52. The lowest BCUT2D eigenvalue weighted by Crippen LogP contribution is -2.30. The van der Waals surface area contributed by atoms with Crippen molar-refractivity contribution in [2.24, 2.45) is 5.92 Å². The molecule has 2 N–H and O–H groups in total. The Kier molecular flexibility index (Phi) is 5.29. The quantitative estimate of drug-likeness (QED) is 0.764. The predicted molar refractivity (Wildman–Crippen MR) is 73.0 cm³/mol. The van der Waals surface area contributed by atoms with Gasteiger partial charge in [-0.3, -0.25) is 0 Å². The fraction of sp³-hybridized carbons (Fsp3) is 0.600. The summed E-state index contributed by atoms with van der Waals surface area (Å²) in [6.07, 6.45) is 0.573. The highest BCUT2D eigenvalue weighted by atomic mass is 19.1. The molecule has 0 amide bonds. The molecule has 1 unspecified atom stereocenters. The van der Waals surface area contributed by atoms with Crippen molar-refractivity contribution in [3.63, 3.8) is 0 Å². The molecule has 0 bridgehead atoms. The number of hydrogen-bond acceptors (Lipinski definition) is 2. The van der Waals surface area contributed by atoms with E-state index in [2.05, 4.69) is 19.2 Å². The average Bonchev–Trinajstić information content (AvgIpc) is 2.27. The molecule has 0 radical (unpaired) electrons. The largest absolute Gasteiger partial charge is 0.385 e. The minimum atomic E-state index is -0.990. The summed E-state index contributed by atoms with van der Waals surface area (Å²) in [5.41, 5.74) is 0.606. The second kappa shape index (κ2) is 6.30. The van der Waals surface area contributed by atoms with Gasteiger partial charge in [-0.15, -0.1) is 0 Å². The number of aryl methyl sites for hydroxylation is 1. The third kappa shape index (κ3) is 4.39. The fourth-order valence-corrected chi connectivity index (χ4v) is 2.03. The van der Waals surface area contributed by atoms with Crippen LogP contribution in [-0.4, -0.2) is 18.2 Å². The van der Waals surface area contributed by atoms with Crippen LogP contribution in [0.3, 0.4) is 0 Å². The molecule has 18 heavy (non-hydrogen) atoms. The van der Waals surface area contributed by atoms with Gasteiger partial charge in [-0.05, 0) is 62.5 Å². The van der Waals surface area contributed by atoms with Gasteiger partial charge in [0.15, 0.2) is 0 Å². The first kappa shape index (κ1) is 15.1. The van der Waals surface area contributed by atoms with E-state index < -0.39 is 5.60 Å². The van der Waals surface area contributed by atoms with Crippen LogP contribution in [0.25, 0.3) is 0 Å². The Morgan fingerprint density at radius 2 is 2.06 bits per heavy atom. The molecule has 1 atom stereocenters.